The van der Waals surface area contributed by atoms with Crippen molar-refractivity contribution in [3.05, 3.63) is 23.9 Å². The molecular formula is C11H13N3O3. The van der Waals surface area contributed by atoms with E-state index in [0.29, 0.717) is 18.9 Å². The molecule has 17 heavy (non-hydrogen) atoms. The number of nitrogens with zero attached hydrogens (tertiary/aromatic N) is 2. The monoisotopic (exact) mass is 235 g/mol. The Labute approximate surface area is 98.3 Å². The molecule has 0 bridgehead atoms. The summed E-state index contributed by atoms with van der Waals surface area (Å²) in [5.74, 6) is -0.778. The normalized spacial score (nSPS) is 16.2. The van der Waals surface area contributed by atoms with E-state index in [2.05, 4.69) is 10.3 Å². The lowest BCUT2D eigenvalue weighted by atomic mass is 10.2. The number of aromatic carboxylic acids is 1. The summed E-state index contributed by atoms with van der Waals surface area (Å²) in [6.45, 7) is 1.39. The Morgan fingerprint density at radius 2 is 2.35 bits per heavy atom. The van der Waals surface area contributed by atoms with Crippen LogP contribution in [-0.4, -0.2) is 41.6 Å². The molecule has 0 aromatic carbocycles. The lowest BCUT2D eigenvalue weighted by Gasteiger charge is -2.21. The van der Waals surface area contributed by atoms with Crippen LogP contribution in [-0.2, 0) is 4.79 Å². The quantitative estimate of drug-likeness (QED) is 0.760. The van der Waals surface area contributed by atoms with Crippen LogP contribution in [0, 0.1) is 0 Å². The Kier molecular flexibility index (Phi) is 3.22. The third kappa shape index (κ3) is 2.52. The molecule has 0 unspecified atom stereocenters. The summed E-state index contributed by atoms with van der Waals surface area (Å²) in [6, 6.07) is 3.07. The number of carboxylic acids is 1. The number of carbonyl (C=O) groups is 2. The molecule has 1 saturated heterocycles. The van der Waals surface area contributed by atoms with E-state index >= 15 is 0 Å². The highest BCUT2D eigenvalue weighted by Gasteiger charge is 2.20. The van der Waals surface area contributed by atoms with E-state index in [4.69, 9.17) is 5.11 Å². The molecule has 90 valence electrons. The van der Waals surface area contributed by atoms with Gasteiger partial charge in [0.2, 0.25) is 5.91 Å². The van der Waals surface area contributed by atoms with Gasteiger partial charge in [0.25, 0.3) is 0 Å². The Morgan fingerprint density at radius 1 is 1.53 bits per heavy atom. The fourth-order valence-corrected chi connectivity index (χ4v) is 1.80. The molecule has 0 aliphatic carbocycles. The van der Waals surface area contributed by atoms with E-state index < -0.39 is 5.97 Å². The highest BCUT2D eigenvalue weighted by molar-refractivity contribution is 5.94. The molecule has 2 rings (SSSR count). The summed E-state index contributed by atoms with van der Waals surface area (Å²) >= 11 is 0. The number of pyridine rings is 1. The summed E-state index contributed by atoms with van der Waals surface area (Å²) in [4.78, 5) is 28.2. The predicted molar refractivity (Wildman–Crippen MR) is 61.0 cm³/mol. The summed E-state index contributed by atoms with van der Waals surface area (Å²) in [7, 11) is 0. The van der Waals surface area contributed by atoms with Crippen molar-refractivity contribution in [2.24, 2.45) is 0 Å². The first-order valence-corrected chi connectivity index (χ1v) is 5.38. The molecule has 2 heterocycles. The van der Waals surface area contributed by atoms with Crippen LogP contribution in [0.2, 0.25) is 0 Å². The number of hydrogen-bond acceptors (Lipinski definition) is 4. The average Bonchev–Trinajstić information content (AvgIpc) is 2.54. The van der Waals surface area contributed by atoms with Gasteiger partial charge in [-0.2, -0.15) is 0 Å². The van der Waals surface area contributed by atoms with Crippen molar-refractivity contribution in [1.82, 2.24) is 10.3 Å². The minimum Gasteiger partial charge on any atom is -0.478 e. The van der Waals surface area contributed by atoms with Crippen LogP contribution in [0.25, 0.3) is 0 Å². The van der Waals surface area contributed by atoms with Crippen LogP contribution >= 0.6 is 0 Å². The van der Waals surface area contributed by atoms with E-state index in [-0.39, 0.29) is 18.0 Å². The number of carboxylic acid groups (broad SMARTS) is 1. The van der Waals surface area contributed by atoms with Gasteiger partial charge >= 0.3 is 5.97 Å². The maximum atomic E-state index is 11.4. The fraction of sp³-hybridized carbons (Fsp3) is 0.364. The standard InChI is InChI=1S/C11H13N3O3/c15-9-7-14(6-2-5-12-9)10-8(11(16)17)3-1-4-13-10/h1,3-4H,2,5-7H2,(H,12,15)(H,16,17). The minimum absolute atomic E-state index is 0.107. The van der Waals surface area contributed by atoms with Crippen LogP contribution in [0.3, 0.4) is 0 Å². The minimum atomic E-state index is -1.03. The van der Waals surface area contributed by atoms with Crippen molar-refractivity contribution in [1.29, 1.82) is 0 Å². The van der Waals surface area contributed by atoms with Gasteiger partial charge in [-0.3, -0.25) is 4.79 Å². The van der Waals surface area contributed by atoms with E-state index in [9.17, 15) is 9.59 Å². The molecule has 0 atom stereocenters. The average molecular weight is 235 g/mol. The second kappa shape index (κ2) is 4.82. The van der Waals surface area contributed by atoms with Crippen LogP contribution in [0.4, 0.5) is 5.82 Å². The summed E-state index contributed by atoms with van der Waals surface area (Å²) in [5, 5.41) is 11.8. The molecule has 2 N–H and O–H groups in total. The first-order valence-electron chi connectivity index (χ1n) is 5.38. The molecule has 1 aliphatic heterocycles. The van der Waals surface area contributed by atoms with Crippen LogP contribution in [0.1, 0.15) is 16.8 Å². The van der Waals surface area contributed by atoms with Crippen molar-refractivity contribution in [2.75, 3.05) is 24.5 Å². The number of aromatic nitrogens is 1. The molecule has 1 aromatic heterocycles. The van der Waals surface area contributed by atoms with Gasteiger partial charge in [0.1, 0.15) is 11.4 Å². The lowest BCUT2D eigenvalue weighted by Crippen LogP contribution is -2.34. The van der Waals surface area contributed by atoms with Crippen molar-refractivity contribution in [2.45, 2.75) is 6.42 Å². The van der Waals surface area contributed by atoms with Crippen molar-refractivity contribution >= 4 is 17.7 Å². The van der Waals surface area contributed by atoms with Gasteiger partial charge < -0.3 is 15.3 Å². The van der Waals surface area contributed by atoms with Crippen LogP contribution in [0.15, 0.2) is 18.3 Å². The number of rotatable bonds is 2. The number of anilines is 1. The van der Waals surface area contributed by atoms with Crippen molar-refractivity contribution in [3.63, 3.8) is 0 Å². The highest BCUT2D eigenvalue weighted by atomic mass is 16.4. The molecule has 1 aliphatic rings. The van der Waals surface area contributed by atoms with Gasteiger partial charge in [-0.25, -0.2) is 9.78 Å². The third-order valence-electron chi connectivity index (χ3n) is 2.58. The fourth-order valence-electron chi connectivity index (χ4n) is 1.80. The van der Waals surface area contributed by atoms with Gasteiger partial charge in [0.05, 0.1) is 6.54 Å². The van der Waals surface area contributed by atoms with Gasteiger partial charge in [0, 0.05) is 19.3 Å². The Bertz CT molecular complexity index is 447. The van der Waals surface area contributed by atoms with Crippen molar-refractivity contribution in [3.8, 4) is 0 Å². The Balaban J connectivity index is 2.31. The smallest absolute Gasteiger partial charge is 0.339 e. The Hall–Kier alpha value is -2.11. The molecule has 1 fully saturated rings. The maximum absolute atomic E-state index is 11.4. The van der Waals surface area contributed by atoms with Crippen molar-refractivity contribution < 1.29 is 14.7 Å². The second-order valence-electron chi connectivity index (χ2n) is 3.80. The number of nitrogens with one attached hydrogen (secondary N) is 1. The predicted octanol–water partition coefficient (Wildman–Crippen LogP) is 0.106. The van der Waals surface area contributed by atoms with Gasteiger partial charge in [-0.05, 0) is 18.6 Å². The summed E-state index contributed by atoms with van der Waals surface area (Å²) < 4.78 is 0. The zero-order valence-corrected chi connectivity index (χ0v) is 9.22. The topological polar surface area (TPSA) is 82.5 Å². The molecule has 1 amide bonds. The van der Waals surface area contributed by atoms with E-state index in [1.165, 1.54) is 12.3 Å². The van der Waals surface area contributed by atoms with Gasteiger partial charge in [-0.1, -0.05) is 0 Å². The van der Waals surface area contributed by atoms with E-state index in [0.717, 1.165) is 6.42 Å². The molecular weight excluding hydrogens is 222 g/mol. The highest BCUT2D eigenvalue weighted by Crippen LogP contribution is 2.17. The molecule has 1 aromatic rings. The molecule has 0 saturated carbocycles. The Morgan fingerprint density at radius 3 is 3.12 bits per heavy atom. The first kappa shape index (κ1) is 11.4. The molecule has 6 nitrogen and oxygen atoms in total. The largest absolute Gasteiger partial charge is 0.478 e. The lowest BCUT2D eigenvalue weighted by molar-refractivity contribution is -0.119. The summed E-state index contributed by atoms with van der Waals surface area (Å²) in [6.07, 6.45) is 2.31. The summed E-state index contributed by atoms with van der Waals surface area (Å²) in [5.41, 5.74) is 0.127. The van der Waals surface area contributed by atoms with Crippen LogP contribution in [0.5, 0.6) is 0 Å². The third-order valence-corrected chi connectivity index (χ3v) is 2.58. The zero-order valence-electron chi connectivity index (χ0n) is 9.22. The van der Waals surface area contributed by atoms with E-state index in [1.807, 2.05) is 0 Å². The van der Waals surface area contributed by atoms with E-state index in [1.54, 1.807) is 11.0 Å². The van der Waals surface area contributed by atoms with Crippen LogP contribution < -0.4 is 10.2 Å². The number of carbonyl (C=O) groups excluding carboxylic acids is 1. The maximum Gasteiger partial charge on any atom is 0.339 e. The van der Waals surface area contributed by atoms with Gasteiger partial charge in [0.15, 0.2) is 0 Å². The number of hydrogen-bond donors (Lipinski definition) is 2. The molecule has 0 radical (unpaired) electrons. The molecule has 0 spiro atoms. The zero-order chi connectivity index (χ0) is 12.3. The second-order valence-corrected chi connectivity index (χ2v) is 3.80. The molecule has 6 heteroatoms. The number of amides is 1. The SMILES string of the molecule is O=C1CN(c2ncccc2C(=O)O)CCCN1. The van der Waals surface area contributed by atoms with Gasteiger partial charge in [-0.15, -0.1) is 0 Å². The first-order chi connectivity index (χ1) is 8.18.